The van der Waals surface area contributed by atoms with Crippen molar-refractivity contribution >= 4 is 0 Å². The summed E-state index contributed by atoms with van der Waals surface area (Å²) in [6.45, 7) is 1.12. The summed E-state index contributed by atoms with van der Waals surface area (Å²) in [5.41, 5.74) is 0. The lowest BCUT2D eigenvalue weighted by Crippen LogP contribution is -2.06. The van der Waals surface area contributed by atoms with Crippen molar-refractivity contribution in [3.8, 4) is 0 Å². The van der Waals surface area contributed by atoms with Crippen LogP contribution >= 0.6 is 0 Å². The average Bonchev–Trinajstić information content (AvgIpc) is 2.15. The minimum absolute atomic E-state index is 0.528. The van der Waals surface area contributed by atoms with Crippen LogP contribution in [0.25, 0.3) is 0 Å². The molecule has 0 aromatic heterocycles. The molecule has 0 aliphatic carbocycles. The highest BCUT2D eigenvalue weighted by Gasteiger charge is 1.96. The smallest absolute Gasteiger partial charge is 0.151 e. The highest BCUT2D eigenvalue weighted by Crippen LogP contribution is 2.08. The molecule has 0 aromatic carbocycles. The van der Waals surface area contributed by atoms with Crippen molar-refractivity contribution in [3.63, 3.8) is 0 Å². The van der Waals surface area contributed by atoms with Crippen LogP contribution in [-0.4, -0.2) is 30.1 Å². The Balaban J connectivity index is 2.85. The van der Waals surface area contributed by atoms with Gasteiger partial charge in [-0.3, -0.25) is 0 Å². The summed E-state index contributed by atoms with van der Waals surface area (Å²) >= 11 is 0. The van der Waals surface area contributed by atoms with Gasteiger partial charge in [0, 0.05) is 0 Å². The second kappa shape index (κ2) is 11.0. The van der Waals surface area contributed by atoms with Gasteiger partial charge in [0.05, 0.1) is 0 Å². The van der Waals surface area contributed by atoms with E-state index in [-0.39, 0.29) is 0 Å². The Morgan fingerprint density at radius 3 is 1.86 bits per heavy atom. The van der Waals surface area contributed by atoms with E-state index in [2.05, 4.69) is 5.32 Å². The molecular formula is C11H25NO2. The van der Waals surface area contributed by atoms with Gasteiger partial charge in [0.25, 0.3) is 0 Å². The molecule has 0 fully saturated rings. The number of rotatable bonds is 10. The summed E-state index contributed by atoms with van der Waals surface area (Å²) in [5.74, 6) is 0. The topological polar surface area (TPSA) is 52.5 Å². The first-order chi connectivity index (χ1) is 6.77. The van der Waals surface area contributed by atoms with Gasteiger partial charge in [0.2, 0.25) is 0 Å². The molecule has 14 heavy (non-hydrogen) atoms. The van der Waals surface area contributed by atoms with Crippen molar-refractivity contribution in [2.45, 2.75) is 57.7 Å². The highest BCUT2D eigenvalue weighted by atomic mass is 16.5. The predicted molar refractivity (Wildman–Crippen MR) is 59.1 cm³/mol. The summed E-state index contributed by atoms with van der Waals surface area (Å²) in [4.78, 5) is 0. The quantitative estimate of drug-likeness (QED) is 0.374. The largest absolute Gasteiger partial charge is 0.368 e. The van der Waals surface area contributed by atoms with Gasteiger partial charge in [-0.25, -0.2) is 0 Å². The normalized spacial score (nSPS) is 11.1. The molecule has 0 aromatic rings. The van der Waals surface area contributed by atoms with Crippen LogP contribution in [0.1, 0.15) is 51.4 Å². The van der Waals surface area contributed by atoms with E-state index in [9.17, 15) is 0 Å². The molecule has 3 N–H and O–H groups in total. The molecule has 0 spiro atoms. The van der Waals surface area contributed by atoms with E-state index < -0.39 is 6.29 Å². The molecule has 0 bridgehead atoms. The number of aliphatic hydroxyl groups excluding tert-OH is 1. The fourth-order valence-corrected chi connectivity index (χ4v) is 1.51. The van der Waals surface area contributed by atoms with Crippen molar-refractivity contribution in [1.82, 2.24) is 5.32 Å². The van der Waals surface area contributed by atoms with Gasteiger partial charge in [-0.05, 0) is 32.9 Å². The highest BCUT2D eigenvalue weighted by molar-refractivity contribution is 4.48. The molecule has 0 aliphatic heterocycles. The zero-order valence-corrected chi connectivity index (χ0v) is 9.34. The molecule has 0 aliphatic rings. The Morgan fingerprint density at radius 2 is 1.36 bits per heavy atom. The Kier molecular flexibility index (Phi) is 10.9. The van der Waals surface area contributed by atoms with Crippen LogP contribution in [0.2, 0.25) is 0 Å². The van der Waals surface area contributed by atoms with Crippen molar-refractivity contribution < 1.29 is 10.2 Å². The van der Waals surface area contributed by atoms with Gasteiger partial charge in [0.1, 0.15) is 0 Å². The Hall–Kier alpha value is -0.120. The number of aliphatic hydroxyl groups is 2. The van der Waals surface area contributed by atoms with Crippen LogP contribution < -0.4 is 5.32 Å². The lowest BCUT2D eigenvalue weighted by atomic mass is 10.1. The zero-order chi connectivity index (χ0) is 10.6. The van der Waals surface area contributed by atoms with Crippen molar-refractivity contribution in [2.75, 3.05) is 13.6 Å². The molecule has 0 saturated heterocycles. The van der Waals surface area contributed by atoms with Crippen LogP contribution in [0.4, 0.5) is 0 Å². The molecule has 0 saturated carbocycles. The maximum Gasteiger partial charge on any atom is 0.151 e. The minimum atomic E-state index is -1.11. The third kappa shape index (κ3) is 11.9. The summed E-state index contributed by atoms with van der Waals surface area (Å²) in [6.07, 6.45) is 7.89. The lowest BCUT2D eigenvalue weighted by molar-refractivity contribution is -0.0466. The molecule has 3 nitrogen and oxygen atoms in total. The molecule has 3 heteroatoms. The van der Waals surface area contributed by atoms with Gasteiger partial charge in [-0.15, -0.1) is 0 Å². The van der Waals surface area contributed by atoms with E-state index in [1.807, 2.05) is 7.05 Å². The van der Waals surface area contributed by atoms with Gasteiger partial charge in [-0.2, -0.15) is 0 Å². The van der Waals surface area contributed by atoms with E-state index in [1.165, 1.54) is 32.1 Å². The fourth-order valence-electron chi connectivity index (χ4n) is 1.51. The van der Waals surface area contributed by atoms with Gasteiger partial charge >= 0.3 is 0 Å². The molecule has 0 amide bonds. The molecule has 0 atom stereocenters. The number of unbranched alkanes of at least 4 members (excludes halogenated alkanes) is 6. The van der Waals surface area contributed by atoms with Gasteiger partial charge in [-0.1, -0.05) is 32.1 Å². The molecule has 0 rings (SSSR count). The van der Waals surface area contributed by atoms with Crippen LogP contribution in [-0.2, 0) is 0 Å². The van der Waals surface area contributed by atoms with Gasteiger partial charge < -0.3 is 15.5 Å². The van der Waals surface area contributed by atoms with Gasteiger partial charge in [0.15, 0.2) is 6.29 Å². The van der Waals surface area contributed by atoms with E-state index in [1.54, 1.807) is 0 Å². The first-order valence-corrected chi connectivity index (χ1v) is 5.78. The first-order valence-electron chi connectivity index (χ1n) is 5.78. The molecular weight excluding hydrogens is 178 g/mol. The number of nitrogens with one attached hydrogen (secondary N) is 1. The van der Waals surface area contributed by atoms with Crippen LogP contribution in [0.3, 0.4) is 0 Å². The molecule has 86 valence electrons. The van der Waals surface area contributed by atoms with Crippen molar-refractivity contribution in [3.05, 3.63) is 0 Å². The van der Waals surface area contributed by atoms with E-state index in [0.29, 0.717) is 6.42 Å². The molecule has 0 unspecified atom stereocenters. The Morgan fingerprint density at radius 1 is 0.857 bits per heavy atom. The summed E-state index contributed by atoms with van der Waals surface area (Å²) in [5, 5.41) is 20.3. The molecule has 0 heterocycles. The van der Waals surface area contributed by atoms with E-state index in [0.717, 1.165) is 19.4 Å². The monoisotopic (exact) mass is 203 g/mol. The Labute approximate surface area is 87.5 Å². The van der Waals surface area contributed by atoms with E-state index in [4.69, 9.17) is 10.2 Å². The van der Waals surface area contributed by atoms with Crippen LogP contribution in [0, 0.1) is 0 Å². The third-order valence-corrected chi connectivity index (χ3v) is 2.39. The second-order valence-electron chi connectivity index (χ2n) is 3.85. The summed E-state index contributed by atoms with van der Waals surface area (Å²) in [6, 6.07) is 0. The summed E-state index contributed by atoms with van der Waals surface area (Å²) in [7, 11) is 1.99. The predicted octanol–water partition coefficient (Wildman–Crippen LogP) is 1.64. The van der Waals surface area contributed by atoms with E-state index >= 15 is 0 Å². The maximum atomic E-state index is 8.60. The molecule has 0 radical (unpaired) electrons. The number of hydrogen-bond donors (Lipinski definition) is 3. The summed E-state index contributed by atoms with van der Waals surface area (Å²) < 4.78 is 0. The minimum Gasteiger partial charge on any atom is -0.368 e. The maximum absolute atomic E-state index is 8.60. The third-order valence-electron chi connectivity index (χ3n) is 2.39. The fraction of sp³-hybridized carbons (Fsp3) is 1.00. The Bertz CT molecular complexity index is 107. The SMILES string of the molecule is CNCCCCCCCCCC(O)O. The van der Waals surface area contributed by atoms with Crippen molar-refractivity contribution in [2.24, 2.45) is 0 Å². The average molecular weight is 203 g/mol. The van der Waals surface area contributed by atoms with Crippen LogP contribution in [0.15, 0.2) is 0 Å². The first kappa shape index (κ1) is 13.9. The number of hydrogen-bond acceptors (Lipinski definition) is 3. The lowest BCUT2D eigenvalue weighted by Gasteiger charge is -2.03. The second-order valence-corrected chi connectivity index (χ2v) is 3.85. The standard InChI is InChI=1S/C11H25NO2/c1-12-10-8-6-4-2-3-5-7-9-11(13)14/h11-14H,2-10H2,1H3. The zero-order valence-electron chi connectivity index (χ0n) is 9.34. The van der Waals surface area contributed by atoms with Crippen molar-refractivity contribution in [1.29, 1.82) is 0 Å². The van der Waals surface area contributed by atoms with Crippen LogP contribution in [0.5, 0.6) is 0 Å².